The van der Waals surface area contributed by atoms with Crippen molar-refractivity contribution >= 4 is 97.4 Å². The Morgan fingerprint density at radius 2 is 0.766 bits per heavy atom. The molecule has 4 aliphatic rings. The van der Waals surface area contributed by atoms with Crippen LogP contribution in [0.15, 0.2) is 175 Å². The number of rotatable bonds is 18. The Balaban J connectivity index is 0.000000150. The van der Waals surface area contributed by atoms with Gasteiger partial charge in [-0.05, 0) is 255 Å². The molecule has 4 aliphatic heterocycles. The molecule has 34 heteroatoms. The van der Waals surface area contributed by atoms with E-state index in [9.17, 15) is 9.59 Å². The highest BCUT2D eigenvalue weighted by atomic mass is 79.9. The first-order chi connectivity index (χ1) is 61.8. The topological polar surface area (TPSA) is 360 Å². The van der Waals surface area contributed by atoms with Crippen molar-refractivity contribution in [2.24, 2.45) is 0 Å². The zero-order chi connectivity index (χ0) is 90.9. The van der Waals surface area contributed by atoms with Crippen LogP contribution in [0.3, 0.4) is 0 Å². The van der Waals surface area contributed by atoms with E-state index < -0.39 is 11.2 Å². The second-order valence-electron chi connectivity index (χ2n) is 32.6. The predicted octanol–water partition coefficient (Wildman–Crippen LogP) is 19.8. The smallest absolute Gasteiger partial charge is 0.410 e. The highest BCUT2D eigenvalue weighted by molar-refractivity contribution is 9.10. The number of anilines is 8. The molecule has 0 unspecified atom stereocenters. The van der Waals surface area contributed by atoms with Gasteiger partial charge in [-0.1, -0.05) is 50.6 Å². The molecule has 4 saturated heterocycles. The van der Waals surface area contributed by atoms with Gasteiger partial charge in [-0.3, -0.25) is 20.4 Å². The fourth-order valence-electron chi connectivity index (χ4n) is 14.8. The molecule has 10 N–H and O–H groups in total. The van der Waals surface area contributed by atoms with Crippen LogP contribution in [0.1, 0.15) is 115 Å². The lowest BCUT2D eigenvalue weighted by Crippen LogP contribution is -2.50. The molecule has 0 bridgehead atoms. The molecular formula is C94H106BrN25O8. The normalized spacial score (nSPS) is 14.2. The molecule has 2 amide bonds. The number of piperazine rings is 1. The fraction of sp³-hybridized carbons (Fsp3) is 0.340. The van der Waals surface area contributed by atoms with Crippen LogP contribution in [0.5, 0.6) is 23.0 Å². The maximum atomic E-state index is 12.3. The number of likely N-dealkylation sites (tertiary alicyclic amines) is 2. The van der Waals surface area contributed by atoms with Gasteiger partial charge in [0.15, 0.2) is 17.5 Å². The van der Waals surface area contributed by atoms with Crippen molar-refractivity contribution in [2.75, 3.05) is 128 Å². The second kappa shape index (κ2) is 43.8. The molecule has 33 nitrogen and oxygen atoms in total. The zero-order valence-electron chi connectivity index (χ0n) is 73.6. The number of H-pyrrole nitrogens is 4. The largest absolute Gasteiger partial charge is 0.496 e. The number of aromatic nitrogens is 12. The monoisotopic (exact) mass is 1790 g/mol. The average molecular weight is 1790 g/mol. The van der Waals surface area contributed by atoms with Crippen LogP contribution in [-0.2, 0) is 9.47 Å². The summed E-state index contributed by atoms with van der Waals surface area (Å²) < 4.78 is 34.5. The van der Waals surface area contributed by atoms with Crippen LogP contribution >= 0.6 is 15.9 Å². The maximum absolute atomic E-state index is 12.3. The van der Waals surface area contributed by atoms with Crippen molar-refractivity contribution < 1.29 is 38.0 Å². The average Bonchev–Trinajstić information content (AvgIpc) is 1.40. The molecule has 12 aromatic rings. The number of hydrogen-bond donors (Lipinski definition) is 9. The third kappa shape index (κ3) is 25.8. The molecular weight excluding hydrogens is 1690 g/mol. The first-order valence-corrected chi connectivity index (χ1v) is 42.7. The summed E-state index contributed by atoms with van der Waals surface area (Å²) in [6.45, 7) is 47.2. The van der Waals surface area contributed by atoms with E-state index in [0.29, 0.717) is 104 Å². The third-order valence-electron chi connectivity index (χ3n) is 21.5. The molecule has 662 valence electrons. The Hall–Kier alpha value is -14.6. The van der Waals surface area contributed by atoms with Crippen molar-refractivity contribution in [3.05, 3.63) is 237 Å². The number of nitrogen functional groups attached to an aromatic ring is 1. The van der Waals surface area contributed by atoms with Gasteiger partial charge in [0.05, 0.1) is 72.7 Å². The van der Waals surface area contributed by atoms with Crippen molar-refractivity contribution in [2.45, 2.75) is 109 Å². The predicted molar refractivity (Wildman–Crippen MR) is 500 cm³/mol. The number of hydrogen-bond acceptors (Lipinski definition) is 23. The first-order valence-electron chi connectivity index (χ1n) is 41.9. The van der Waals surface area contributed by atoms with E-state index in [0.717, 1.165) is 147 Å². The van der Waals surface area contributed by atoms with Crippen LogP contribution < -0.4 is 50.8 Å². The molecule has 16 rings (SSSR count). The van der Waals surface area contributed by atoms with Crippen molar-refractivity contribution in [1.82, 2.24) is 80.7 Å². The minimum Gasteiger partial charge on any atom is -0.496 e. The Morgan fingerprint density at radius 3 is 1.11 bits per heavy atom. The minimum absolute atomic E-state index is 0.231. The van der Waals surface area contributed by atoms with Crippen LogP contribution in [-0.4, -0.2) is 200 Å². The standard InChI is InChI=1S/C25H29N7O3.C22H24N6O.C21H22N6O.C20H28N4O3.C6H3BrN2/c1-25(2,3)35-24(33)32-12-10-31(11-13-32)18-7-8-19(21(14-18)34-5)20-15-23(30-29-20)28-17-6-9-22(26-4)27-16-17;1-23-21-7-5-17(14-24-21)25-22-13-19(26-27-22)18-6-4-16(12-20(18)29-3)15-8-10-28(2)11-9-15;1-22-20-6-4-16(13-24-20)25-21-12-18(26-27-21)17-5-3-15(11-19(17)28-2)14-7-9-23-10-8-14;1-20(2,3)27-19(25)24-9-7-13(8-10-24)14-5-6-15(17(11-14)26-4)16-12-18(21)23-22-16;1-8-6-3-2-5(7)4-9-6/h6-9,14-16H,10-13H2,1-3,5H3,(H2,28,29,30);4-7,12-15H,8-11H2,2-3H3,(H2,25,26,27);3-6,11-14,23H,7-10H2,2H3,(H2,25,26,27);5-6,11-13H,7-10H2,1-4H3,(H3,21,22,23);2-4H. The molecule has 12 heterocycles. The van der Waals surface area contributed by atoms with E-state index in [1.165, 1.54) is 29.5 Å². The summed E-state index contributed by atoms with van der Waals surface area (Å²) in [4.78, 5) is 61.7. The fourth-order valence-corrected chi connectivity index (χ4v) is 15.1. The van der Waals surface area contributed by atoms with Crippen molar-refractivity contribution in [1.29, 1.82) is 0 Å². The van der Waals surface area contributed by atoms with E-state index >= 15 is 0 Å². The SMILES string of the molecule is COc1cc(C2CCN(C(=O)OC(C)(C)C)CC2)ccc1-c1cc(N)n[nH]1.[C-]#[N+]c1ccc(Br)cn1.[C-]#[N+]c1ccc(Nc2cc(-c3ccc(C4CCN(C)CC4)cc3OC)[nH]n2)cn1.[C-]#[N+]c1ccc(Nc2cc(-c3ccc(C4CCNCC4)cc3OC)[nH]n2)cn1.[C-]#[N+]c1ccc(Nc2cc(-c3ccc(N4CCN(C(=O)OC(C)(C)C)CC4)cc3OC)[nH]n2)cn1. The lowest BCUT2D eigenvalue weighted by atomic mass is 9.88. The van der Waals surface area contributed by atoms with Gasteiger partial charge in [-0.15, -0.1) is 19.9 Å². The van der Waals surface area contributed by atoms with E-state index in [1.807, 2.05) is 96.1 Å². The molecule has 0 radical (unpaired) electrons. The highest BCUT2D eigenvalue weighted by Crippen LogP contribution is 2.41. The number of ether oxygens (including phenoxy) is 6. The Labute approximate surface area is 753 Å². The Bertz CT molecular complexity index is 5850. The van der Waals surface area contributed by atoms with E-state index in [4.69, 9.17) is 60.4 Å². The summed E-state index contributed by atoms with van der Waals surface area (Å²) in [7, 11) is 8.89. The Morgan fingerprint density at radius 1 is 0.422 bits per heavy atom. The van der Waals surface area contributed by atoms with E-state index in [-0.39, 0.29) is 12.2 Å². The third-order valence-corrected chi connectivity index (χ3v) is 22.0. The number of pyridine rings is 4. The van der Waals surface area contributed by atoms with Gasteiger partial charge in [-0.2, -0.15) is 20.4 Å². The minimum atomic E-state index is -0.501. The van der Waals surface area contributed by atoms with Gasteiger partial charge in [-0.25, -0.2) is 9.59 Å². The quantitative estimate of drug-likeness (QED) is 0.0360. The number of carbonyl (C=O) groups is 2. The van der Waals surface area contributed by atoms with E-state index in [2.05, 4.69) is 183 Å². The van der Waals surface area contributed by atoms with Gasteiger partial charge in [0.2, 0.25) is 0 Å². The molecule has 0 atom stereocenters. The number of nitrogens with one attached hydrogen (secondary N) is 8. The number of nitrogens with zero attached hydrogens (tertiary/aromatic N) is 16. The molecule has 4 fully saturated rings. The summed E-state index contributed by atoms with van der Waals surface area (Å²) in [5, 5.41) is 42.1. The van der Waals surface area contributed by atoms with Gasteiger partial charge in [0.1, 0.15) is 64.8 Å². The summed E-state index contributed by atoms with van der Waals surface area (Å²) in [5.41, 5.74) is 19.1. The van der Waals surface area contributed by atoms with Crippen molar-refractivity contribution in [3.8, 4) is 68.0 Å². The number of aromatic amines is 4. The number of benzene rings is 4. The number of halogens is 1. The number of carbonyl (C=O) groups excluding carboxylic acids is 2. The first kappa shape index (κ1) is 92.6. The molecule has 128 heavy (non-hydrogen) atoms. The van der Waals surface area contributed by atoms with Crippen LogP contribution in [0.2, 0.25) is 0 Å². The number of methoxy groups -OCH3 is 4. The van der Waals surface area contributed by atoms with Crippen LogP contribution in [0.4, 0.5) is 78.9 Å². The molecule has 0 spiro atoms. The van der Waals surface area contributed by atoms with Gasteiger partial charge in [0, 0.05) is 97.5 Å². The number of piperidine rings is 3. The number of amides is 2. The van der Waals surface area contributed by atoms with E-state index in [1.54, 1.807) is 105 Å². The lowest BCUT2D eigenvalue weighted by Gasteiger charge is -2.37. The zero-order valence-corrected chi connectivity index (χ0v) is 75.2. The van der Waals surface area contributed by atoms with Gasteiger partial charge in [0.25, 0.3) is 23.3 Å². The molecule has 0 aliphatic carbocycles. The van der Waals surface area contributed by atoms with Gasteiger partial charge >= 0.3 is 12.2 Å². The highest BCUT2D eigenvalue weighted by Gasteiger charge is 2.31. The molecule has 0 saturated carbocycles. The maximum Gasteiger partial charge on any atom is 0.410 e. The lowest BCUT2D eigenvalue weighted by molar-refractivity contribution is 0.0202. The summed E-state index contributed by atoms with van der Waals surface area (Å²) in [6.07, 6.45) is 12.4. The summed E-state index contributed by atoms with van der Waals surface area (Å²) in [6, 6.07) is 46.6. The van der Waals surface area contributed by atoms with Crippen molar-refractivity contribution in [3.63, 3.8) is 0 Å². The van der Waals surface area contributed by atoms with Crippen LogP contribution in [0, 0.1) is 26.3 Å². The molecule has 8 aromatic heterocycles. The second-order valence-corrected chi connectivity index (χ2v) is 33.6. The number of nitrogens with two attached hydrogens (primary N) is 1. The van der Waals surface area contributed by atoms with Gasteiger partial charge < -0.3 is 94.4 Å². The Kier molecular flexibility index (Phi) is 31.7. The summed E-state index contributed by atoms with van der Waals surface area (Å²) in [5.74, 6) is 8.68. The summed E-state index contributed by atoms with van der Waals surface area (Å²) >= 11 is 3.21. The molecule has 4 aromatic carbocycles. The van der Waals surface area contributed by atoms with Crippen LogP contribution in [0.25, 0.3) is 64.4 Å².